The number of hydrogen-bond donors (Lipinski definition) is 2. The molecule has 0 fully saturated rings. The zero-order chi connectivity index (χ0) is 18.0. The minimum atomic E-state index is -1.05. The molecule has 5 nitrogen and oxygen atoms in total. The Morgan fingerprint density at radius 1 is 1.04 bits per heavy atom. The number of benzene rings is 2. The summed E-state index contributed by atoms with van der Waals surface area (Å²) in [6, 6.07) is 10.2. The molecule has 5 heteroatoms. The molecule has 2 aromatic rings. The number of aromatic carboxylic acids is 1. The zero-order valence-electron chi connectivity index (χ0n) is 14.3. The number of fused-ring (bicyclic) bond motifs is 1. The number of anilines is 1. The summed E-state index contributed by atoms with van der Waals surface area (Å²) >= 11 is 0. The number of ether oxygens (including phenoxy) is 1. The number of nitrogens with one attached hydrogen (secondary N) is 1. The molecular weight excluding hydrogens is 318 g/mol. The van der Waals surface area contributed by atoms with Crippen LogP contribution in [0.3, 0.4) is 0 Å². The Hall–Kier alpha value is -2.82. The van der Waals surface area contributed by atoms with Crippen molar-refractivity contribution in [3.63, 3.8) is 0 Å². The molecule has 0 saturated heterocycles. The van der Waals surface area contributed by atoms with Gasteiger partial charge in [-0.2, -0.15) is 0 Å². The molecule has 0 saturated carbocycles. The van der Waals surface area contributed by atoms with E-state index in [-0.39, 0.29) is 17.6 Å². The summed E-state index contributed by atoms with van der Waals surface area (Å²) < 4.78 is 5.68. The van der Waals surface area contributed by atoms with Crippen molar-refractivity contribution >= 4 is 17.6 Å². The van der Waals surface area contributed by atoms with E-state index in [1.54, 1.807) is 6.07 Å². The topological polar surface area (TPSA) is 75.6 Å². The van der Waals surface area contributed by atoms with Gasteiger partial charge in [0.1, 0.15) is 5.75 Å². The molecule has 1 aliphatic rings. The van der Waals surface area contributed by atoms with Gasteiger partial charge in [0.2, 0.25) is 0 Å². The van der Waals surface area contributed by atoms with Crippen LogP contribution >= 0.6 is 0 Å². The Morgan fingerprint density at radius 2 is 1.76 bits per heavy atom. The van der Waals surface area contributed by atoms with Crippen LogP contribution < -0.4 is 10.1 Å². The highest BCUT2D eigenvalue weighted by molar-refractivity contribution is 6.05. The Bertz CT molecular complexity index is 826. The highest BCUT2D eigenvalue weighted by Gasteiger charge is 2.17. The monoisotopic (exact) mass is 339 g/mol. The van der Waals surface area contributed by atoms with Crippen molar-refractivity contribution < 1.29 is 19.4 Å². The first-order valence-corrected chi connectivity index (χ1v) is 8.41. The Morgan fingerprint density at radius 3 is 2.48 bits per heavy atom. The van der Waals surface area contributed by atoms with Crippen molar-refractivity contribution in [1.82, 2.24) is 0 Å². The van der Waals surface area contributed by atoms with Gasteiger partial charge in [-0.15, -0.1) is 0 Å². The van der Waals surface area contributed by atoms with E-state index in [2.05, 4.69) is 5.32 Å². The van der Waals surface area contributed by atoms with Crippen molar-refractivity contribution in [3.8, 4) is 5.75 Å². The molecule has 3 rings (SSSR count). The fourth-order valence-corrected chi connectivity index (χ4v) is 3.02. The summed E-state index contributed by atoms with van der Waals surface area (Å²) in [7, 11) is 0. The number of carbonyl (C=O) groups excluding carboxylic acids is 1. The van der Waals surface area contributed by atoms with E-state index in [0.29, 0.717) is 17.0 Å². The minimum absolute atomic E-state index is 0.0914. The second kappa shape index (κ2) is 6.97. The average Bonchev–Trinajstić information content (AvgIpc) is 3.03. The van der Waals surface area contributed by atoms with Gasteiger partial charge >= 0.3 is 5.97 Å². The van der Waals surface area contributed by atoms with Crippen LogP contribution in [0.2, 0.25) is 0 Å². The van der Waals surface area contributed by atoms with Crippen molar-refractivity contribution in [2.24, 2.45) is 0 Å². The molecule has 1 aliphatic carbocycles. The quantitative estimate of drug-likeness (QED) is 0.866. The summed E-state index contributed by atoms with van der Waals surface area (Å²) in [6.45, 7) is 3.74. The lowest BCUT2D eigenvalue weighted by Crippen LogP contribution is -2.15. The van der Waals surface area contributed by atoms with E-state index in [4.69, 9.17) is 4.74 Å². The largest absolute Gasteiger partial charge is 0.489 e. The summed E-state index contributed by atoms with van der Waals surface area (Å²) in [5, 5.41) is 12.0. The van der Waals surface area contributed by atoms with E-state index in [1.165, 1.54) is 23.3 Å². The molecule has 130 valence electrons. The first-order valence-electron chi connectivity index (χ1n) is 8.41. The molecule has 1 amide bonds. The number of aryl methyl sites for hydroxylation is 2. The van der Waals surface area contributed by atoms with Crippen LogP contribution in [-0.4, -0.2) is 23.1 Å². The standard InChI is InChI=1S/C20H21NO4/c1-12(2)25-18-9-8-16(20(23)24)11-17(18)21-19(22)15-7-6-13-4-3-5-14(13)10-15/h6-12H,3-5H2,1-2H3,(H,21,22)(H,23,24). The SMILES string of the molecule is CC(C)Oc1ccc(C(=O)O)cc1NC(=O)c1ccc2c(c1)CCC2. The fraction of sp³-hybridized carbons (Fsp3) is 0.300. The van der Waals surface area contributed by atoms with Gasteiger partial charge in [-0.25, -0.2) is 4.79 Å². The van der Waals surface area contributed by atoms with Gasteiger partial charge in [-0.05, 0) is 74.6 Å². The molecule has 0 atom stereocenters. The summed E-state index contributed by atoms with van der Waals surface area (Å²) in [5.41, 5.74) is 3.54. The number of hydrogen-bond acceptors (Lipinski definition) is 3. The van der Waals surface area contributed by atoms with Gasteiger partial charge in [0.05, 0.1) is 17.4 Å². The third-order valence-electron chi connectivity index (χ3n) is 4.20. The number of carboxylic acids is 1. The van der Waals surface area contributed by atoms with Gasteiger partial charge in [-0.1, -0.05) is 6.07 Å². The van der Waals surface area contributed by atoms with Crippen LogP contribution in [0.15, 0.2) is 36.4 Å². The number of carboxylic acid groups (broad SMARTS) is 1. The maximum absolute atomic E-state index is 12.6. The van der Waals surface area contributed by atoms with Gasteiger partial charge in [0, 0.05) is 5.56 Å². The van der Waals surface area contributed by atoms with Crippen LogP contribution in [-0.2, 0) is 12.8 Å². The number of amides is 1. The molecule has 2 N–H and O–H groups in total. The van der Waals surface area contributed by atoms with E-state index >= 15 is 0 Å². The minimum Gasteiger partial charge on any atom is -0.489 e. The average molecular weight is 339 g/mol. The van der Waals surface area contributed by atoms with E-state index in [1.807, 2.05) is 32.0 Å². The van der Waals surface area contributed by atoms with E-state index in [9.17, 15) is 14.7 Å². The molecular formula is C20H21NO4. The molecule has 0 aliphatic heterocycles. The molecule has 0 bridgehead atoms. The van der Waals surface area contributed by atoms with Gasteiger partial charge in [0.15, 0.2) is 0 Å². The molecule has 0 heterocycles. The molecule has 25 heavy (non-hydrogen) atoms. The molecule has 0 aromatic heterocycles. The number of rotatable bonds is 5. The number of carbonyl (C=O) groups is 2. The first-order chi connectivity index (χ1) is 11.9. The van der Waals surface area contributed by atoms with Crippen molar-refractivity contribution in [2.45, 2.75) is 39.2 Å². The fourth-order valence-electron chi connectivity index (χ4n) is 3.02. The molecule has 0 unspecified atom stereocenters. The zero-order valence-corrected chi connectivity index (χ0v) is 14.3. The second-order valence-electron chi connectivity index (χ2n) is 6.47. The Balaban J connectivity index is 1.88. The van der Waals surface area contributed by atoms with E-state index in [0.717, 1.165) is 19.3 Å². The summed E-state index contributed by atoms with van der Waals surface area (Å²) in [6.07, 6.45) is 3.08. The van der Waals surface area contributed by atoms with Crippen molar-refractivity contribution in [3.05, 3.63) is 58.7 Å². The lowest BCUT2D eigenvalue weighted by molar-refractivity contribution is 0.0696. The van der Waals surface area contributed by atoms with Crippen LogP contribution in [0.25, 0.3) is 0 Å². The normalized spacial score (nSPS) is 12.8. The lowest BCUT2D eigenvalue weighted by Gasteiger charge is -2.16. The predicted molar refractivity (Wildman–Crippen MR) is 95.6 cm³/mol. The Kier molecular flexibility index (Phi) is 4.74. The third kappa shape index (κ3) is 3.82. The first kappa shape index (κ1) is 17.0. The van der Waals surface area contributed by atoms with E-state index < -0.39 is 5.97 Å². The molecule has 2 aromatic carbocycles. The maximum atomic E-state index is 12.6. The molecule has 0 spiro atoms. The van der Waals surface area contributed by atoms with Crippen LogP contribution in [0, 0.1) is 0 Å². The van der Waals surface area contributed by atoms with Gasteiger partial charge in [-0.3, -0.25) is 4.79 Å². The highest BCUT2D eigenvalue weighted by atomic mass is 16.5. The van der Waals surface area contributed by atoms with Crippen molar-refractivity contribution in [1.29, 1.82) is 0 Å². The van der Waals surface area contributed by atoms with Crippen LogP contribution in [0.1, 0.15) is 52.1 Å². The summed E-state index contributed by atoms with van der Waals surface area (Å²) in [5.74, 6) is -0.871. The smallest absolute Gasteiger partial charge is 0.335 e. The molecule has 0 radical (unpaired) electrons. The third-order valence-corrected chi connectivity index (χ3v) is 4.20. The Labute approximate surface area is 146 Å². The lowest BCUT2D eigenvalue weighted by atomic mass is 10.1. The van der Waals surface area contributed by atoms with Crippen LogP contribution in [0.5, 0.6) is 5.75 Å². The summed E-state index contributed by atoms with van der Waals surface area (Å²) in [4.78, 5) is 23.8. The van der Waals surface area contributed by atoms with Crippen LogP contribution in [0.4, 0.5) is 5.69 Å². The predicted octanol–water partition coefficient (Wildman–Crippen LogP) is 3.91. The van der Waals surface area contributed by atoms with Gasteiger partial charge in [0.25, 0.3) is 5.91 Å². The van der Waals surface area contributed by atoms with Crippen molar-refractivity contribution in [2.75, 3.05) is 5.32 Å². The highest BCUT2D eigenvalue weighted by Crippen LogP contribution is 2.28. The maximum Gasteiger partial charge on any atom is 0.335 e. The second-order valence-corrected chi connectivity index (χ2v) is 6.47. The van der Waals surface area contributed by atoms with Gasteiger partial charge < -0.3 is 15.2 Å².